The van der Waals surface area contributed by atoms with Crippen LogP contribution in [-0.4, -0.2) is 61.5 Å². The number of para-hydroxylation sites is 1. The third kappa shape index (κ3) is 6.41. The molecule has 196 valence electrons. The molecule has 2 heterocycles. The van der Waals surface area contributed by atoms with Gasteiger partial charge in [-0.15, -0.1) is 0 Å². The molecule has 2 aromatic carbocycles. The van der Waals surface area contributed by atoms with E-state index in [9.17, 15) is 14.9 Å². The Hall–Kier alpha value is -3.57. The number of piperazine rings is 1. The third-order valence-electron chi connectivity index (χ3n) is 6.84. The second-order valence-corrected chi connectivity index (χ2v) is 9.88. The summed E-state index contributed by atoms with van der Waals surface area (Å²) in [5, 5.41) is 9.45. The van der Waals surface area contributed by atoms with Crippen LogP contribution in [0.5, 0.6) is 5.75 Å². The molecular weight excluding hydrogens is 470 g/mol. The van der Waals surface area contributed by atoms with Gasteiger partial charge in [0, 0.05) is 40.0 Å². The standard InChI is InChI=1S/C29H35N3O5/c1-4-35-23-14-12-21(13-15-23)8-7-10-24(26-28(34)37-29(2,3)36-26)27(33)32-18-16-31(17-19-32)25-11-6-5-9-22(25)20-30/h5-6,9,11-15,24,26H,4,7-8,10,16-19H2,1-3H3/t24-,26+/m1/s1. The molecule has 2 aromatic rings. The van der Waals surface area contributed by atoms with E-state index in [1.165, 1.54) is 0 Å². The van der Waals surface area contributed by atoms with Gasteiger partial charge in [-0.2, -0.15) is 5.26 Å². The van der Waals surface area contributed by atoms with Crippen LogP contribution in [0.25, 0.3) is 0 Å². The number of anilines is 1. The van der Waals surface area contributed by atoms with E-state index < -0.39 is 23.8 Å². The molecule has 0 N–H and O–H groups in total. The molecule has 0 radical (unpaired) electrons. The molecular formula is C29H35N3O5. The van der Waals surface area contributed by atoms with E-state index in [0.29, 0.717) is 44.8 Å². The Morgan fingerprint density at radius 1 is 1.14 bits per heavy atom. The van der Waals surface area contributed by atoms with Gasteiger partial charge in [0.25, 0.3) is 0 Å². The number of hydrogen-bond donors (Lipinski definition) is 0. The average Bonchev–Trinajstić information content (AvgIpc) is 3.19. The Morgan fingerprint density at radius 3 is 2.46 bits per heavy atom. The van der Waals surface area contributed by atoms with Gasteiger partial charge >= 0.3 is 5.97 Å². The highest BCUT2D eigenvalue weighted by Crippen LogP contribution is 2.32. The van der Waals surface area contributed by atoms with Crippen LogP contribution in [0.3, 0.4) is 0 Å². The molecule has 0 bridgehead atoms. The summed E-state index contributed by atoms with van der Waals surface area (Å²) in [5.41, 5.74) is 2.65. The second-order valence-electron chi connectivity index (χ2n) is 9.88. The zero-order valence-corrected chi connectivity index (χ0v) is 21.8. The molecule has 0 spiro atoms. The lowest BCUT2D eigenvalue weighted by atomic mass is 9.92. The number of ether oxygens (including phenoxy) is 3. The van der Waals surface area contributed by atoms with Crippen LogP contribution in [0.4, 0.5) is 5.69 Å². The topological polar surface area (TPSA) is 92.1 Å². The van der Waals surface area contributed by atoms with Crippen molar-refractivity contribution in [2.45, 2.75) is 51.9 Å². The molecule has 1 amide bonds. The van der Waals surface area contributed by atoms with E-state index in [4.69, 9.17) is 14.2 Å². The molecule has 2 aliphatic rings. The number of carbonyl (C=O) groups excluding carboxylic acids is 2. The monoisotopic (exact) mass is 505 g/mol. The highest BCUT2D eigenvalue weighted by atomic mass is 16.8. The molecule has 0 aliphatic carbocycles. The van der Waals surface area contributed by atoms with Crippen LogP contribution in [0.1, 0.15) is 44.7 Å². The highest BCUT2D eigenvalue weighted by Gasteiger charge is 2.48. The van der Waals surface area contributed by atoms with E-state index in [0.717, 1.165) is 29.8 Å². The third-order valence-corrected chi connectivity index (χ3v) is 6.84. The second kappa shape index (κ2) is 11.7. The van der Waals surface area contributed by atoms with Gasteiger partial charge in [0.2, 0.25) is 11.7 Å². The van der Waals surface area contributed by atoms with Gasteiger partial charge in [0.05, 0.1) is 23.8 Å². The zero-order chi connectivity index (χ0) is 26.4. The van der Waals surface area contributed by atoms with Crippen molar-refractivity contribution in [1.82, 2.24) is 4.90 Å². The fourth-order valence-electron chi connectivity index (χ4n) is 5.02. The van der Waals surface area contributed by atoms with Gasteiger partial charge in [0.15, 0.2) is 6.10 Å². The van der Waals surface area contributed by atoms with Crippen LogP contribution < -0.4 is 9.64 Å². The molecule has 2 aliphatic heterocycles. The number of benzene rings is 2. The summed E-state index contributed by atoms with van der Waals surface area (Å²) < 4.78 is 16.8. The van der Waals surface area contributed by atoms with Crippen molar-refractivity contribution >= 4 is 17.6 Å². The number of amides is 1. The van der Waals surface area contributed by atoms with Crippen molar-refractivity contribution in [2.24, 2.45) is 5.92 Å². The van der Waals surface area contributed by atoms with Crippen molar-refractivity contribution in [3.8, 4) is 11.8 Å². The number of nitriles is 1. The summed E-state index contributed by atoms with van der Waals surface area (Å²) in [7, 11) is 0. The predicted molar refractivity (Wildman–Crippen MR) is 139 cm³/mol. The number of aryl methyl sites for hydroxylation is 1. The number of carbonyl (C=O) groups is 2. The summed E-state index contributed by atoms with van der Waals surface area (Å²) >= 11 is 0. The minimum Gasteiger partial charge on any atom is -0.494 e. The molecule has 8 heteroatoms. The Labute approximate surface area is 218 Å². The van der Waals surface area contributed by atoms with Crippen LogP contribution in [-0.2, 0) is 25.5 Å². The van der Waals surface area contributed by atoms with Gasteiger partial charge < -0.3 is 24.0 Å². The molecule has 0 aromatic heterocycles. The Bertz CT molecular complexity index is 1130. The Balaban J connectivity index is 1.41. The maximum Gasteiger partial charge on any atom is 0.338 e. The van der Waals surface area contributed by atoms with Gasteiger partial charge in [-0.25, -0.2) is 4.79 Å². The molecule has 2 atom stereocenters. The van der Waals surface area contributed by atoms with Gasteiger partial charge in [-0.3, -0.25) is 4.79 Å². The highest BCUT2D eigenvalue weighted by molar-refractivity contribution is 5.88. The molecule has 0 unspecified atom stereocenters. The van der Waals surface area contributed by atoms with Gasteiger partial charge in [-0.05, 0) is 56.0 Å². The smallest absolute Gasteiger partial charge is 0.338 e. The first-order valence-electron chi connectivity index (χ1n) is 13.0. The zero-order valence-electron chi connectivity index (χ0n) is 21.8. The van der Waals surface area contributed by atoms with E-state index in [2.05, 4.69) is 11.0 Å². The lowest BCUT2D eigenvalue weighted by molar-refractivity contribution is -0.162. The minimum absolute atomic E-state index is 0.0837. The quantitative estimate of drug-likeness (QED) is 0.477. The van der Waals surface area contributed by atoms with Crippen molar-refractivity contribution < 1.29 is 23.8 Å². The number of nitrogens with zero attached hydrogens (tertiary/aromatic N) is 3. The van der Waals surface area contributed by atoms with Crippen LogP contribution in [0, 0.1) is 17.2 Å². The lowest BCUT2D eigenvalue weighted by Gasteiger charge is -2.38. The normalized spacial score (nSPS) is 19.7. The first-order chi connectivity index (χ1) is 17.8. The Kier molecular flexibility index (Phi) is 8.34. The van der Waals surface area contributed by atoms with Crippen LogP contribution >= 0.6 is 0 Å². The van der Waals surface area contributed by atoms with E-state index >= 15 is 0 Å². The van der Waals surface area contributed by atoms with Gasteiger partial charge in [-0.1, -0.05) is 24.3 Å². The summed E-state index contributed by atoms with van der Waals surface area (Å²) in [5.74, 6) is -1.39. The molecule has 0 saturated carbocycles. The van der Waals surface area contributed by atoms with Crippen molar-refractivity contribution in [2.75, 3.05) is 37.7 Å². The number of rotatable bonds is 9. The van der Waals surface area contributed by atoms with E-state index in [-0.39, 0.29) is 5.91 Å². The van der Waals surface area contributed by atoms with Crippen molar-refractivity contribution in [3.63, 3.8) is 0 Å². The minimum atomic E-state index is -1.05. The fourth-order valence-corrected chi connectivity index (χ4v) is 5.02. The Morgan fingerprint density at radius 2 is 1.84 bits per heavy atom. The summed E-state index contributed by atoms with van der Waals surface area (Å²) in [6.45, 7) is 8.22. The largest absolute Gasteiger partial charge is 0.494 e. The maximum absolute atomic E-state index is 13.7. The van der Waals surface area contributed by atoms with Gasteiger partial charge in [0.1, 0.15) is 11.8 Å². The first kappa shape index (κ1) is 26.5. The maximum atomic E-state index is 13.7. The number of hydrogen-bond acceptors (Lipinski definition) is 7. The summed E-state index contributed by atoms with van der Waals surface area (Å²) in [6, 6.07) is 17.7. The fraction of sp³-hybridized carbons (Fsp3) is 0.483. The summed E-state index contributed by atoms with van der Waals surface area (Å²) in [6.07, 6.45) is 1.10. The van der Waals surface area contributed by atoms with Crippen molar-refractivity contribution in [3.05, 3.63) is 59.7 Å². The predicted octanol–water partition coefficient (Wildman–Crippen LogP) is 3.92. The van der Waals surface area contributed by atoms with E-state index in [1.807, 2.05) is 54.3 Å². The van der Waals surface area contributed by atoms with Crippen LogP contribution in [0.15, 0.2) is 48.5 Å². The average molecular weight is 506 g/mol. The molecule has 2 fully saturated rings. The molecule has 37 heavy (non-hydrogen) atoms. The number of cyclic esters (lactones) is 1. The van der Waals surface area contributed by atoms with E-state index in [1.54, 1.807) is 19.9 Å². The lowest BCUT2D eigenvalue weighted by Crippen LogP contribution is -2.52. The molecule has 8 nitrogen and oxygen atoms in total. The summed E-state index contributed by atoms with van der Waals surface area (Å²) in [4.78, 5) is 30.4. The molecule has 2 saturated heterocycles. The van der Waals surface area contributed by atoms with Crippen LogP contribution in [0.2, 0.25) is 0 Å². The first-order valence-corrected chi connectivity index (χ1v) is 13.0. The SMILES string of the molecule is CCOc1ccc(CCC[C@@H](C(=O)N2CCN(c3ccccc3C#N)CC2)[C@@H]2OC(C)(C)OC2=O)cc1. The van der Waals surface area contributed by atoms with Crippen molar-refractivity contribution in [1.29, 1.82) is 5.26 Å². The molecule has 4 rings (SSSR count). The number of esters is 1.